The predicted octanol–water partition coefficient (Wildman–Crippen LogP) is 7.27. The fourth-order valence-corrected chi connectivity index (χ4v) is 7.24. The Bertz CT molecular complexity index is 978. The third kappa shape index (κ3) is 3.83. The number of fused-ring (bicyclic) bond motifs is 5. The smallest absolute Gasteiger partial charge is 0.139 e. The van der Waals surface area contributed by atoms with Gasteiger partial charge in [-0.25, -0.2) is 0 Å². The number of aryl methyl sites for hydroxylation is 1. The number of ether oxygens (including phenoxy) is 1. The lowest BCUT2D eigenvalue weighted by molar-refractivity contribution is -0.129. The number of ketones is 1. The number of rotatable bonds is 7. The van der Waals surface area contributed by atoms with Crippen LogP contribution in [0.15, 0.2) is 61.2 Å². The lowest BCUT2D eigenvalue weighted by Gasteiger charge is -2.50. The minimum atomic E-state index is -0.0871. The Labute approximate surface area is 193 Å². The number of hydrogen-bond acceptors (Lipinski definition) is 2. The monoisotopic (exact) mass is 428 g/mol. The van der Waals surface area contributed by atoms with Crippen molar-refractivity contribution in [3.8, 4) is 5.75 Å². The third-order valence-electron chi connectivity index (χ3n) is 8.77. The molecule has 2 saturated carbocycles. The standard InChI is InChI=1S/C30H36O2/c1-3-4-6-11-23-19-28(31)30(2)17-16-26-25-15-13-24(32-20-21-9-7-5-8-10-21)18-22(25)12-14-27(26)29(23)30/h3,5,7-10,13,15,18,23,26-27,29H,1,4,6,11-12,14,16-17,19-20H2,2H3/t23-,26-,27-,29+,30-/m1/s1. The Morgan fingerprint density at radius 3 is 2.81 bits per heavy atom. The van der Waals surface area contributed by atoms with Crippen LogP contribution in [0.2, 0.25) is 0 Å². The summed E-state index contributed by atoms with van der Waals surface area (Å²) in [5, 5.41) is 0. The maximum Gasteiger partial charge on any atom is 0.139 e. The molecule has 0 radical (unpaired) electrons. The van der Waals surface area contributed by atoms with Crippen LogP contribution in [0, 0.1) is 23.2 Å². The molecule has 0 amide bonds. The molecule has 2 heteroatoms. The molecule has 0 saturated heterocycles. The maximum absolute atomic E-state index is 13.1. The van der Waals surface area contributed by atoms with Gasteiger partial charge in [-0.3, -0.25) is 4.79 Å². The van der Waals surface area contributed by atoms with Crippen LogP contribution in [0.4, 0.5) is 0 Å². The molecule has 5 atom stereocenters. The van der Waals surface area contributed by atoms with E-state index in [2.05, 4.69) is 56.0 Å². The normalized spacial score (nSPS) is 30.8. The van der Waals surface area contributed by atoms with Crippen LogP contribution in [0.25, 0.3) is 0 Å². The largest absolute Gasteiger partial charge is 0.489 e. The zero-order valence-electron chi connectivity index (χ0n) is 19.4. The molecule has 0 N–H and O–H groups in total. The molecule has 168 valence electrons. The van der Waals surface area contributed by atoms with Gasteiger partial charge in [0.25, 0.3) is 0 Å². The molecule has 0 bridgehead atoms. The minimum absolute atomic E-state index is 0.0871. The van der Waals surface area contributed by atoms with Gasteiger partial charge in [-0.1, -0.05) is 49.4 Å². The second-order valence-corrected chi connectivity index (χ2v) is 10.5. The van der Waals surface area contributed by atoms with Crippen LogP contribution in [0.3, 0.4) is 0 Å². The first-order valence-corrected chi connectivity index (χ1v) is 12.5. The van der Waals surface area contributed by atoms with Gasteiger partial charge in [0.1, 0.15) is 18.1 Å². The number of carbonyl (C=O) groups is 1. The van der Waals surface area contributed by atoms with Gasteiger partial charge in [0.15, 0.2) is 0 Å². The molecule has 5 rings (SSSR count). The Morgan fingerprint density at radius 1 is 1.16 bits per heavy atom. The van der Waals surface area contributed by atoms with Gasteiger partial charge >= 0.3 is 0 Å². The van der Waals surface area contributed by atoms with E-state index in [0.717, 1.165) is 37.9 Å². The van der Waals surface area contributed by atoms with Gasteiger partial charge in [-0.15, -0.1) is 6.58 Å². The molecule has 0 aliphatic heterocycles. The van der Waals surface area contributed by atoms with Crippen LogP contribution < -0.4 is 4.74 Å². The van der Waals surface area contributed by atoms with E-state index < -0.39 is 0 Å². The Kier molecular flexibility index (Phi) is 5.97. The predicted molar refractivity (Wildman–Crippen MR) is 130 cm³/mol. The Hall–Kier alpha value is -2.35. The summed E-state index contributed by atoms with van der Waals surface area (Å²) in [5.74, 6) is 3.89. The molecule has 0 spiro atoms. The SMILES string of the molecule is C=CCCC[C@@H]1CC(=O)[C@@]2(C)CC[C@@H]3c4ccc(OCc5ccccc5)cc4CC[C@H]3[C@H]12. The molecule has 0 aromatic heterocycles. The van der Waals surface area contributed by atoms with Gasteiger partial charge in [-0.05, 0) is 97.4 Å². The molecule has 2 aromatic carbocycles. The van der Waals surface area contributed by atoms with Crippen LogP contribution in [-0.4, -0.2) is 5.78 Å². The van der Waals surface area contributed by atoms with E-state index in [9.17, 15) is 4.79 Å². The highest BCUT2D eigenvalue weighted by molar-refractivity contribution is 5.87. The number of allylic oxidation sites excluding steroid dienone is 1. The van der Waals surface area contributed by atoms with Crippen LogP contribution >= 0.6 is 0 Å². The van der Waals surface area contributed by atoms with E-state index in [0.29, 0.717) is 36.1 Å². The summed E-state index contributed by atoms with van der Waals surface area (Å²) in [6.45, 7) is 6.79. The molecule has 32 heavy (non-hydrogen) atoms. The summed E-state index contributed by atoms with van der Waals surface area (Å²) in [4.78, 5) is 13.1. The molecular weight excluding hydrogens is 392 g/mol. The van der Waals surface area contributed by atoms with Crippen LogP contribution in [-0.2, 0) is 17.8 Å². The first-order chi connectivity index (χ1) is 15.6. The van der Waals surface area contributed by atoms with Crippen LogP contribution in [0.5, 0.6) is 5.75 Å². The fourth-order valence-electron chi connectivity index (χ4n) is 7.24. The lowest BCUT2D eigenvalue weighted by atomic mass is 9.54. The summed E-state index contributed by atoms with van der Waals surface area (Å²) in [5.41, 5.74) is 4.11. The Morgan fingerprint density at radius 2 is 2.00 bits per heavy atom. The van der Waals surface area contributed by atoms with E-state index in [1.165, 1.54) is 36.0 Å². The van der Waals surface area contributed by atoms with Crippen molar-refractivity contribution in [3.63, 3.8) is 0 Å². The van der Waals surface area contributed by atoms with Gasteiger partial charge in [0.05, 0.1) is 0 Å². The molecule has 2 aromatic rings. The number of carbonyl (C=O) groups excluding carboxylic acids is 1. The van der Waals surface area contributed by atoms with E-state index in [1.54, 1.807) is 0 Å². The molecule has 3 aliphatic carbocycles. The molecule has 0 unspecified atom stereocenters. The van der Waals surface area contributed by atoms with E-state index in [4.69, 9.17) is 4.74 Å². The molecule has 2 nitrogen and oxygen atoms in total. The quantitative estimate of drug-likeness (QED) is 0.342. The van der Waals surface area contributed by atoms with Crippen LogP contribution in [0.1, 0.15) is 74.5 Å². The second-order valence-electron chi connectivity index (χ2n) is 10.5. The van der Waals surface area contributed by atoms with Gasteiger partial charge in [-0.2, -0.15) is 0 Å². The number of unbranched alkanes of at least 4 members (excludes halogenated alkanes) is 1. The average molecular weight is 429 g/mol. The molecule has 3 aliphatic rings. The summed E-state index contributed by atoms with van der Waals surface area (Å²) in [7, 11) is 0. The lowest BCUT2D eigenvalue weighted by Crippen LogP contribution is -2.44. The minimum Gasteiger partial charge on any atom is -0.489 e. The zero-order valence-corrected chi connectivity index (χ0v) is 19.4. The summed E-state index contributed by atoms with van der Waals surface area (Å²) >= 11 is 0. The molecular formula is C30H36O2. The number of hydrogen-bond donors (Lipinski definition) is 0. The highest BCUT2D eigenvalue weighted by Gasteiger charge is 2.58. The van der Waals surface area contributed by atoms with Crippen molar-refractivity contribution >= 4 is 5.78 Å². The topological polar surface area (TPSA) is 26.3 Å². The Balaban J connectivity index is 1.34. The van der Waals surface area contributed by atoms with Crippen molar-refractivity contribution in [1.82, 2.24) is 0 Å². The fraction of sp³-hybridized carbons (Fsp3) is 0.500. The van der Waals surface area contributed by atoms with Gasteiger partial charge in [0, 0.05) is 11.8 Å². The van der Waals surface area contributed by atoms with E-state index in [-0.39, 0.29) is 5.41 Å². The summed E-state index contributed by atoms with van der Waals surface area (Å²) in [6.07, 6.45) is 10.8. The molecule has 0 heterocycles. The van der Waals surface area contributed by atoms with E-state index >= 15 is 0 Å². The number of benzene rings is 2. The third-order valence-corrected chi connectivity index (χ3v) is 8.77. The molecule has 2 fully saturated rings. The van der Waals surface area contributed by atoms with Crippen molar-refractivity contribution in [2.24, 2.45) is 23.2 Å². The van der Waals surface area contributed by atoms with Crippen molar-refractivity contribution in [3.05, 3.63) is 77.9 Å². The van der Waals surface area contributed by atoms with Crippen molar-refractivity contribution < 1.29 is 9.53 Å². The van der Waals surface area contributed by atoms with Crippen molar-refractivity contribution in [1.29, 1.82) is 0 Å². The highest BCUT2D eigenvalue weighted by atomic mass is 16.5. The highest BCUT2D eigenvalue weighted by Crippen LogP contribution is 2.62. The number of Topliss-reactive ketones (excluding diaryl/α,β-unsaturated/α-hetero) is 1. The van der Waals surface area contributed by atoms with Crippen molar-refractivity contribution in [2.45, 2.75) is 70.8 Å². The zero-order chi connectivity index (χ0) is 22.1. The van der Waals surface area contributed by atoms with Gasteiger partial charge in [0.2, 0.25) is 0 Å². The van der Waals surface area contributed by atoms with E-state index in [1.807, 2.05) is 12.1 Å². The second kappa shape index (κ2) is 8.89. The average Bonchev–Trinajstić information content (AvgIpc) is 3.08. The first-order valence-electron chi connectivity index (χ1n) is 12.5. The van der Waals surface area contributed by atoms with Gasteiger partial charge < -0.3 is 4.74 Å². The first kappa shape index (κ1) is 21.5. The summed E-state index contributed by atoms with van der Waals surface area (Å²) < 4.78 is 6.11. The summed E-state index contributed by atoms with van der Waals surface area (Å²) in [6, 6.07) is 17.1. The maximum atomic E-state index is 13.1. The van der Waals surface area contributed by atoms with Crippen molar-refractivity contribution in [2.75, 3.05) is 0 Å².